The number of methoxy groups -OCH3 is 2. The van der Waals surface area contributed by atoms with Gasteiger partial charge in [0.2, 0.25) is 0 Å². The molecule has 2 aliphatic rings. The summed E-state index contributed by atoms with van der Waals surface area (Å²) in [6.45, 7) is 4.31. The maximum Gasteiger partial charge on any atom is 0.191 e. The van der Waals surface area contributed by atoms with Crippen molar-refractivity contribution in [3.8, 4) is 29.7 Å². The van der Waals surface area contributed by atoms with Crippen LogP contribution in [0.4, 0.5) is 0 Å². The van der Waals surface area contributed by atoms with E-state index in [-0.39, 0.29) is 17.2 Å². The Morgan fingerprint density at radius 1 is 1.20 bits per heavy atom. The summed E-state index contributed by atoms with van der Waals surface area (Å²) in [5.74, 6) is 0.119. The molecule has 0 saturated carbocycles. The number of rotatable bonds is 5. The Kier molecular flexibility index (Phi) is 6.01. The summed E-state index contributed by atoms with van der Waals surface area (Å²) < 4.78 is 11.1. The van der Waals surface area contributed by atoms with E-state index in [4.69, 9.17) is 15.2 Å². The monoisotopic (exact) mass is 403 g/mol. The lowest BCUT2D eigenvalue weighted by molar-refractivity contribution is 0.204. The SMILES string of the molecule is CCCN1CC=C2C(C#N)=C(N)C(C#N)(C#N)[C@H](c3cccc(OC)c3OC)[C@@H]2C1. The minimum absolute atomic E-state index is 0.0105. The summed E-state index contributed by atoms with van der Waals surface area (Å²) >= 11 is 0. The van der Waals surface area contributed by atoms with Gasteiger partial charge in [-0.2, -0.15) is 15.8 Å². The van der Waals surface area contributed by atoms with Crippen LogP contribution in [0, 0.1) is 45.3 Å². The predicted octanol–water partition coefficient (Wildman–Crippen LogP) is 2.84. The third-order valence-corrected chi connectivity index (χ3v) is 6.05. The molecule has 0 radical (unpaired) electrons. The summed E-state index contributed by atoms with van der Waals surface area (Å²) in [7, 11) is 3.08. The van der Waals surface area contributed by atoms with Gasteiger partial charge in [0.1, 0.15) is 6.07 Å². The lowest BCUT2D eigenvalue weighted by Gasteiger charge is -2.45. The molecule has 1 aliphatic heterocycles. The van der Waals surface area contributed by atoms with Crippen LogP contribution in [0.2, 0.25) is 0 Å². The van der Waals surface area contributed by atoms with Gasteiger partial charge in [-0.3, -0.25) is 4.90 Å². The molecule has 1 heterocycles. The Balaban J connectivity index is 2.34. The van der Waals surface area contributed by atoms with Crippen molar-refractivity contribution < 1.29 is 9.47 Å². The molecule has 154 valence electrons. The Labute approximate surface area is 177 Å². The highest BCUT2D eigenvalue weighted by molar-refractivity contribution is 5.62. The molecule has 3 rings (SSSR count). The molecule has 1 aliphatic carbocycles. The average molecular weight is 403 g/mol. The van der Waals surface area contributed by atoms with Crippen LogP contribution in [-0.4, -0.2) is 38.8 Å². The lowest BCUT2D eigenvalue weighted by atomic mass is 9.58. The van der Waals surface area contributed by atoms with Crippen molar-refractivity contribution in [3.05, 3.63) is 46.7 Å². The normalized spacial score (nSPS) is 22.7. The van der Waals surface area contributed by atoms with E-state index in [1.54, 1.807) is 13.2 Å². The Hall–Kier alpha value is -3.47. The number of allylic oxidation sites excluding steroid dienone is 2. The number of nitrogens with zero attached hydrogens (tertiary/aromatic N) is 4. The summed E-state index contributed by atoms with van der Waals surface area (Å²) in [5, 5.41) is 30.2. The lowest BCUT2D eigenvalue weighted by Crippen LogP contribution is -2.48. The van der Waals surface area contributed by atoms with Crippen molar-refractivity contribution in [1.82, 2.24) is 4.90 Å². The van der Waals surface area contributed by atoms with Crippen molar-refractivity contribution in [2.24, 2.45) is 17.1 Å². The molecule has 0 saturated heterocycles. The van der Waals surface area contributed by atoms with Crippen LogP contribution in [0.5, 0.6) is 11.5 Å². The molecule has 2 N–H and O–H groups in total. The fourth-order valence-corrected chi connectivity index (χ4v) is 4.74. The molecule has 30 heavy (non-hydrogen) atoms. The van der Waals surface area contributed by atoms with Crippen molar-refractivity contribution in [1.29, 1.82) is 15.8 Å². The minimum Gasteiger partial charge on any atom is -0.493 e. The van der Waals surface area contributed by atoms with Gasteiger partial charge in [0.25, 0.3) is 0 Å². The van der Waals surface area contributed by atoms with E-state index in [9.17, 15) is 15.8 Å². The van der Waals surface area contributed by atoms with Crippen LogP contribution in [0.3, 0.4) is 0 Å². The summed E-state index contributed by atoms with van der Waals surface area (Å²) in [6.07, 6.45) is 2.99. The molecule has 0 unspecified atom stereocenters. The van der Waals surface area contributed by atoms with E-state index in [0.29, 0.717) is 30.2 Å². The van der Waals surface area contributed by atoms with E-state index in [0.717, 1.165) is 18.5 Å². The zero-order valence-electron chi connectivity index (χ0n) is 17.5. The molecule has 0 amide bonds. The highest BCUT2D eigenvalue weighted by Gasteiger charge is 2.55. The first kappa shape index (κ1) is 21.2. The van der Waals surface area contributed by atoms with Crippen LogP contribution in [-0.2, 0) is 0 Å². The topological polar surface area (TPSA) is 119 Å². The van der Waals surface area contributed by atoms with E-state index in [2.05, 4.69) is 30.0 Å². The zero-order chi connectivity index (χ0) is 21.9. The molecule has 1 aromatic rings. The molecule has 0 aromatic heterocycles. The molecule has 0 fully saturated rings. The second-order valence-corrected chi connectivity index (χ2v) is 7.52. The van der Waals surface area contributed by atoms with Gasteiger partial charge in [-0.25, -0.2) is 0 Å². The fourth-order valence-electron chi connectivity index (χ4n) is 4.74. The number of fused-ring (bicyclic) bond motifs is 1. The molecule has 7 heteroatoms. The maximum absolute atomic E-state index is 10.2. The predicted molar refractivity (Wildman–Crippen MR) is 111 cm³/mol. The number of hydrogen-bond acceptors (Lipinski definition) is 7. The van der Waals surface area contributed by atoms with Crippen LogP contribution in [0.1, 0.15) is 24.8 Å². The second kappa shape index (κ2) is 8.49. The molecule has 7 nitrogen and oxygen atoms in total. The van der Waals surface area contributed by atoms with Crippen LogP contribution >= 0.6 is 0 Å². The van der Waals surface area contributed by atoms with Crippen LogP contribution < -0.4 is 15.2 Å². The number of nitriles is 3. The van der Waals surface area contributed by atoms with E-state index < -0.39 is 11.3 Å². The van der Waals surface area contributed by atoms with Crippen molar-refractivity contribution >= 4 is 0 Å². The van der Waals surface area contributed by atoms with Gasteiger partial charge in [0.15, 0.2) is 16.9 Å². The highest BCUT2D eigenvalue weighted by Crippen LogP contribution is 2.56. The van der Waals surface area contributed by atoms with Gasteiger partial charge in [-0.1, -0.05) is 25.1 Å². The molecule has 0 spiro atoms. The van der Waals surface area contributed by atoms with Gasteiger partial charge in [-0.15, -0.1) is 0 Å². The minimum atomic E-state index is -1.69. The molecule has 2 atom stereocenters. The van der Waals surface area contributed by atoms with Gasteiger partial charge in [0, 0.05) is 30.5 Å². The quantitative estimate of drug-likeness (QED) is 0.803. The second-order valence-electron chi connectivity index (χ2n) is 7.52. The smallest absolute Gasteiger partial charge is 0.191 e. The van der Waals surface area contributed by atoms with Gasteiger partial charge in [0.05, 0.1) is 37.6 Å². The van der Waals surface area contributed by atoms with E-state index in [1.807, 2.05) is 18.2 Å². The fraction of sp³-hybridized carbons (Fsp3) is 0.435. The van der Waals surface area contributed by atoms with Crippen molar-refractivity contribution in [2.45, 2.75) is 19.3 Å². The Morgan fingerprint density at radius 3 is 2.50 bits per heavy atom. The summed E-state index contributed by atoms with van der Waals surface area (Å²) in [6, 6.07) is 11.9. The van der Waals surface area contributed by atoms with Gasteiger partial charge in [-0.05, 0) is 24.6 Å². The number of para-hydroxylation sites is 1. The standard InChI is InChI=1S/C23H25N5O2/c1-4-9-28-10-8-15-17(11-24)22(27)23(13-25,14-26)20(18(15)12-28)16-6-5-7-19(29-2)21(16)30-3/h5-8,18,20H,4,9-10,12,27H2,1-3H3/t18-,20-/m1/s1. The molecular weight excluding hydrogens is 378 g/mol. The molecule has 1 aromatic carbocycles. The van der Waals surface area contributed by atoms with Crippen molar-refractivity contribution in [2.75, 3.05) is 33.9 Å². The highest BCUT2D eigenvalue weighted by atomic mass is 16.5. The van der Waals surface area contributed by atoms with E-state index >= 15 is 0 Å². The van der Waals surface area contributed by atoms with Crippen LogP contribution in [0.15, 0.2) is 41.1 Å². The first-order valence-corrected chi connectivity index (χ1v) is 9.89. The van der Waals surface area contributed by atoms with E-state index in [1.165, 1.54) is 7.11 Å². The van der Waals surface area contributed by atoms with Gasteiger partial charge < -0.3 is 15.2 Å². The number of benzene rings is 1. The maximum atomic E-state index is 10.2. The molecule has 0 bridgehead atoms. The Morgan fingerprint density at radius 2 is 1.93 bits per heavy atom. The number of nitrogens with two attached hydrogens (primary N) is 1. The third kappa shape index (κ3) is 3.07. The molecular formula is C23H25N5O2. The Bertz CT molecular complexity index is 1010. The third-order valence-electron chi connectivity index (χ3n) is 6.05. The number of ether oxygens (including phenoxy) is 2. The number of hydrogen-bond donors (Lipinski definition) is 1. The van der Waals surface area contributed by atoms with Crippen molar-refractivity contribution in [3.63, 3.8) is 0 Å². The average Bonchev–Trinajstić information content (AvgIpc) is 2.78. The largest absolute Gasteiger partial charge is 0.493 e. The summed E-state index contributed by atoms with van der Waals surface area (Å²) in [5.41, 5.74) is 6.41. The van der Waals surface area contributed by atoms with Crippen LogP contribution in [0.25, 0.3) is 0 Å². The first-order chi connectivity index (χ1) is 14.5. The summed E-state index contributed by atoms with van der Waals surface area (Å²) in [4.78, 5) is 2.27. The van der Waals surface area contributed by atoms with Gasteiger partial charge >= 0.3 is 0 Å². The first-order valence-electron chi connectivity index (χ1n) is 9.89. The zero-order valence-corrected chi connectivity index (χ0v) is 17.5.